The molecule has 3 aliphatic carbocycles. The van der Waals surface area contributed by atoms with Crippen LogP contribution < -0.4 is 5.32 Å². The van der Waals surface area contributed by atoms with Crippen molar-refractivity contribution in [2.45, 2.75) is 51.6 Å². The standard InChI is InChI=1S/C14H23N/c1-3-11-8-14(11)15-9(2)13-7-10-4-5-12(13)6-10/h4-5,9-15H,3,6-8H2,1-2H3. The van der Waals surface area contributed by atoms with E-state index in [1.807, 2.05) is 0 Å². The number of allylic oxidation sites excluding steroid dienone is 2. The summed E-state index contributed by atoms with van der Waals surface area (Å²) in [7, 11) is 0. The van der Waals surface area contributed by atoms with Gasteiger partial charge in [-0.2, -0.15) is 0 Å². The first kappa shape index (κ1) is 9.89. The Hall–Kier alpha value is -0.300. The lowest BCUT2D eigenvalue weighted by Crippen LogP contribution is -2.37. The van der Waals surface area contributed by atoms with Crippen molar-refractivity contribution in [2.24, 2.45) is 23.7 Å². The van der Waals surface area contributed by atoms with Crippen molar-refractivity contribution >= 4 is 0 Å². The van der Waals surface area contributed by atoms with E-state index in [0.717, 1.165) is 35.8 Å². The molecule has 0 aliphatic heterocycles. The first-order valence-corrected chi connectivity index (χ1v) is 6.72. The van der Waals surface area contributed by atoms with Crippen molar-refractivity contribution in [1.82, 2.24) is 5.32 Å². The van der Waals surface area contributed by atoms with Crippen molar-refractivity contribution in [1.29, 1.82) is 0 Å². The van der Waals surface area contributed by atoms with Crippen LogP contribution in [0.15, 0.2) is 12.2 Å². The first-order valence-electron chi connectivity index (χ1n) is 6.72. The second-order valence-corrected chi connectivity index (χ2v) is 5.91. The van der Waals surface area contributed by atoms with Crippen molar-refractivity contribution in [3.05, 3.63) is 12.2 Å². The van der Waals surface area contributed by atoms with E-state index in [0.29, 0.717) is 0 Å². The van der Waals surface area contributed by atoms with Crippen LogP contribution in [0, 0.1) is 23.7 Å². The molecule has 84 valence electrons. The quantitative estimate of drug-likeness (QED) is 0.696. The molecule has 0 spiro atoms. The maximum atomic E-state index is 3.85. The van der Waals surface area contributed by atoms with Gasteiger partial charge in [0.2, 0.25) is 0 Å². The molecule has 3 aliphatic rings. The third kappa shape index (κ3) is 1.75. The smallest absolute Gasteiger partial charge is 0.0102 e. The fourth-order valence-corrected chi connectivity index (χ4v) is 3.76. The highest BCUT2D eigenvalue weighted by atomic mass is 15.0. The minimum Gasteiger partial charge on any atom is -0.311 e. The van der Waals surface area contributed by atoms with E-state index in [4.69, 9.17) is 0 Å². The molecule has 0 aromatic rings. The Morgan fingerprint density at radius 1 is 1.27 bits per heavy atom. The molecule has 0 radical (unpaired) electrons. The molecule has 1 heteroatoms. The lowest BCUT2D eigenvalue weighted by Gasteiger charge is -2.26. The van der Waals surface area contributed by atoms with Crippen molar-refractivity contribution < 1.29 is 0 Å². The molecule has 2 bridgehead atoms. The van der Waals surface area contributed by atoms with Gasteiger partial charge in [-0.25, -0.2) is 0 Å². The number of hydrogen-bond donors (Lipinski definition) is 1. The molecule has 6 atom stereocenters. The summed E-state index contributed by atoms with van der Waals surface area (Å²) in [5.41, 5.74) is 0. The molecule has 2 saturated carbocycles. The monoisotopic (exact) mass is 205 g/mol. The Morgan fingerprint density at radius 2 is 2.13 bits per heavy atom. The molecule has 2 fully saturated rings. The van der Waals surface area contributed by atoms with Gasteiger partial charge in [0.1, 0.15) is 0 Å². The topological polar surface area (TPSA) is 12.0 Å². The van der Waals surface area contributed by atoms with Crippen molar-refractivity contribution in [3.8, 4) is 0 Å². The predicted molar refractivity (Wildman–Crippen MR) is 63.6 cm³/mol. The van der Waals surface area contributed by atoms with Gasteiger partial charge in [-0.05, 0) is 49.9 Å². The van der Waals surface area contributed by atoms with Crippen molar-refractivity contribution in [3.63, 3.8) is 0 Å². The van der Waals surface area contributed by atoms with Crippen LogP contribution in [0.1, 0.15) is 39.5 Å². The highest BCUT2D eigenvalue weighted by Crippen LogP contribution is 2.45. The van der Waals surface area contributed by atoms with E-state index in [1.165, 1.54) is 25.7 Å². The summed E-state index contributed by atoms with van der Waals surface area (Å²) in [6.07, 6.45) is 10.6. The number of hydrogen-bond acceptors (Lipinski definition) is 1. The lowest BCUT2D eigenvalue weighted by atomic mass is 9.87. The van der Waals surface area contributed by atoms with Crippen LogP contribution >= 0.6 is 0 Å². The molecular formula is C14H23N. The van der Waals surface area contributed by atoms with Crippen molar-refractivity contribution in [2.75, 3.05) is 0 Å². The first-order chi connectivity index (χ1) is 7.28. The third-order valence-electron chi connectivity index (χ3n) is 4.90. The van der Waals surface area contributed by atoms with Crippen LogP contribution in [0.4, 0.5) is 0 Å². The van der Waals surface area contributed by atoms with Gasteiger partial charge in [0, 0.05) is 12.1 Å². The van der Waals surface area contributed by atoms with Gasteiger partial charge in [-0.1, -0.05) is 25.5 Å². The van der Waals surface area contributed by atoms with Crippen LogP contribution in [0.2, 0.25) is 0 Å². The molecule has 0 aromatic heterocycles. The zero-order valence-corrected chi connectivity index (χ0v) is 9.95. The summed E-state index contributed by atoms with van der Waals surface area (Å²) in [5.74, 6) is 3.74. The fourth-order valence-electron chi connectivity index (χ4n) is 3.76. The maximum Gasteiger partial charge on any atom is 0.0102 e. The molecule has 1 nitrogen and oxygen atoms in total. The molecular weight excluding hydrogens is 182 g/mol. The van der Waals surface area contributed by atoms with Crippen LogP contribution in [0.25, 0.3) is 0 Å². The molecule has 0 amide bonds. The van der Waals surface area contributed by atoms with Gasteiger partial charge in [0.25, 0.3) is 0 Å². The number of rotatable bonds is 4. The Morgan fingerprint density at radius 3 is 2.67 bits per heavy atom. The summed E-state index contributed by atoms with van der Waals surface area (Å²) in [5, 5.41) is 3.85. The molecule has 3 rings (SSSR count). The molecule has 0 saturated heterocycles. The van der Waals surface area contributed by atoms with Gasteiger partial charge >= 0.3 is 0 Å². The molecule has 1 N–H and O–H groups in total. The van der Waals surface area contributed by atoms with Crippen LogP contribution in [-0.2, 0) is 0 Å². The highest BCUT2D eigenvalue weighted by molar-refractivity contribution is 5.12. The van der Waals surface area contributed by atoms with Crippen LogP contribution in [0.3, 0.4) is 0 Å². The number of fused-ring (bicyclic) bond motifs is 2. The zero-order valence-electron chi connectivity index (χ0n) is 9.95. The number of nitrogens with one attached hydrogen (secondary N) is 1. The minimum absolute atomic E-state index is 0.742. The largest absolute Gasteiger partial charge is 0.311 e. The summed E-state index contributed by atoms with van der Waals surface area (Å²) in [6, 6.07) is 1.60. The van der Waals surface area contributed by atoms with E-state index in [2.05, 4.69) is 31.3 Å². The third-order valence-corrected chi connectivity index (χ3v) is 4.90. The van der Waals surface area contributed by atoms with E-state index in [9.17, 15) is 0 Å². The molecule has 0 heterocycles. The normalized spacial score (nSPS) is 48.5. The van der Waals surface area contributed by atoms with Gasteiger partial charge < -0.3 is 5.32 Å². The summed E-state index contributed by atoms with van der Waals surface area (Å²) < 4.78 is 0. The SMILES string of the molecule is CCC1CC1NC(C)C1CC2C=CC1C2. The Balaban J connectivity index is 1.53. The average Bonchev–Trinajstić information content (AvgIpc) is 2.69. The fraction of sp³-hybridized carbons (Fsp3) is 0.857. The Kier molecular flexibility index (Phi) is 2.39. The van der Waals surface area contributed by atoms with Crippen LogP contribution in [-0.4, -0.2) is 12.1 Å². The summed E-state index contributed by atoms with van der Waals surface area (Å²) in [4.78, 5) is 0. The maximum absolute atomic E-state index is 3.85. The van der Waals surface area contributed by atoms with Gasteiger partial charge in [0.05, 0.1) is 0 Å². The second-order valence-electron chi connectivity index (χ2n) is 5.91. The van der Waals surface area contributed by atoms with Crippen LogP contribution in [0.5, 0.6) is 0 Å². The van der Waals surface area contributed by atoms with E-state index in [-0.39, 0.29) is 0 Å². The highest BCUT2D eigenvalue weighted by Gasteiger charge is 2.42. The van der Waals surface area contributed by atoms with Gasteiger partial charge in [0.15, 0.2) is 0 Å². The zero-order chi connectivity index (χ0) is 10.4. The molecule has 6 unspecified atom stereocenters. The lowest BCUT2D eigenvalue weighted by molar-refractivity contribution is 0.321. The van der Waals surface area contributed by atoms with Gasteiger partial charge in [-0.3, -0.25) is 0 Å². The molecule has 15 heavy (non-hydrogen) atoms. The Labute approximate surface area is 93.3 Å². The predicted octanol–water partition coefficient (Wildman–Crippen LogP) is 2.98. The van der Waals surface area contributed by atoms with E-state index in [1.54, 1.807) is 0 Å². The Bertz CT molecular complexity index is 271. The van der Waals surface area contributed by atoms with Gasteiger partial charge in [-0.15, -0.1) is 0 Å². The van der Waals surface area contributed by atoms with E-state index >= 15 is 0 Å². The minimum atomic E-state index is 0.742. The summed E-state index contributed by atoms with van der Waals surface area (Å²) >= 11 is 0. The summed E-state index contributed by atoms with van der Waals surface area (Å²) in [6.45, 7) is 4.72. The van der Waals surface area contributed by atoms with E-state index < -0.39 is 0 Å². The second kappa shape index (κ2) is 3.62. The average molecular weight is 205 g/mol. The molecule has 0 aromatic carbocycles.